The predicted octanol–water partition coefficient (Wildman–Crippen LogP) is 5.15. The molecule has 1 aromatic rings. The van der Waals surface area contributed by atoms with Crippen molar-refractivity contribution in [2.24, 2.45) is 5.92 Å². The summed E-state index contributed by atoms with van der Waals surface area (Å²) in [5.41, 5.74) is 1.44. The fourth-order valence-corrected chi connectivity index (χ4v) is 3.19. The van der Waals surface area contributed by atoms with Crippen molar-refractivity contribution in [1.82, 2.24) is 0 Å². The van der Waals surface area contributed by atoms with E-state index in [0.29, 0.717) is 0 Å². The third kappa shape index (κ3) is 5.74. The molecule has 16 heavy (non-hydrogen) atoms. The van der Waals surface area contributed by atoms with Crippen molar-refractivity contribution in [3.05, 3.63) is 34.3 Å². The lowest BCUT2D eigenvalue weighted by molar-refractivity contribution is 0.579. The fourth-order valence-electron chi connectivity index (χ4n) is 1.58. The predicted molar refractivity (Wildman–Crippen MR) is 82.7 cm³/mol. The van der Waals surface area contributed by atoms with Crippen LogP contribution in [0.5, 0.6) is 0 Å². The second kappa shape index (κ2) is 8.60. The molecular formula is C13H18Br2S. The van der Waals surface area contributed by atoms with Crippen molar-refractivity contribution < 1.29 is 0 Å². The van der Waals surface area contributed by atoms with Crippen molar-refractivity contribution in [3.8, 4) is 0 Å². The van der Waals surface area contributed by atoms with Gasteiger partial charge in [0.15, 0.2) is 0 Å². The Hall–Kier alpha value is 0.530. The molecule has 0 spiro atoms. The monoisotopic (exact) mass is 364 g/mol. The van der Waals surface area contributed by atoms with Crippen molar-refractivity contribution in [1.29, 1.82) is 0 Å². The Balaban J connectivity index is 2.40. The molecule has 0 amide bonds. The zero-order valence-corrected chi connectivity index (χ0v) is 13.6. The molecule has 1 unspecified atom stereocenters. The number of rotatable bonds is 7. The molecule has 0 bridgehead atoms. The summed E-state index contributed by atoms with van der Waals surface area (Å²) in [5.74, 6) is 3.27. The van der Waals surface area contributed by atoms with Gasteiger partial charge in [-0.2, -0.15) is 11.8 Å². The summed E-state index contributed by atoms with van der Waals surface area (Å²) in [4.78, 5) is 0. The molecular weight excluding hydrogens is 348 g/mol. The van der Waals surface area contributed by atoms with Crippen LogP contribution in [-0.4, -0.2) is 16.8 Å². The second-order valence-corrected chi connectivity index (χ2v) is 6.79. The van der Waals surface area contributed by atoms with Crippen molar-refractivity contribution in [3.63, 3.8) is 0 Å². The average Bonchev–Trinajstić information content (AvgIpc) is 2.31. The Morgan fingerprint density at radius 3 is 2.50 bits per heavy atom. The maximum atomic E-state index is 3.62. The number of benzene rings is 1. The van der Waals surface area contributed by atoms with Gasteiger partial charge in [0, 0.05) is 9.80 Å². The molecule has 0 aliphatic heterocycles. The molecule has 1 aromatic carbocycles. The fraction of sp³-hybridized carbons (Fsp3) is 0.538. The van der Waals surface area contributed by atoms with Crippen molar-refractivity contribution in [2.75, 3.05) is 16.8 Å². The summed E-state index contributed by atoms with van der Waals surface area (Å²) in [6.07, 6.45) is 2.49. The Kier molecular flexibility index (Phi) is 7.84. The van der Waals surface area contributed by atoms with Gasteiger partial charge >= 0.3 is 0 Å². The Bertz CT molecular complexity index is 284. The zero-order chi connectivity index (χ0) is 11.8. The Morgan fingerprint density at radius 2 is 1.94 bits per heavy atom. The van der Waals surface area contributed by atoms with Gasteiger partial charge in [0.2, 0.25) is 0 Å². The molecule has 0 radical (unpaired) electrons. The highest BCUT2D eigenvalue weighted by Crippen LogP contribution is 2.19. The lowest BCUT2D eigenvalue weighted by atomic mass is 9.99. The van der Waals surface area contributed by atoms with Crippen LogP contribution in [0.1, 0.15) is 18.9 Å². The molecule has 1 atom stereocenters. The van der Waals surface area contributed by atoms with E-state index in [1.807, 2.05) is 11.8 Å². The molecule has 90 valence electrons. The molecule has 0 N–H and O–H groups in total. The lowest BCUT2D eigenvalue weighted by Gasteiger charge is -2.13. The lowest BCUT2D eigenvalue weighted by Crippen LogP contribution is -2.07. The van der Waals surface area contributed by atoms with Crippen LogP contribution in [0.25, 0.3) is 0 Å². The van der Waals surface area contributed by atoms with E-state index in [2.05, 4.69) is 63.0 Å². The number of hydrogen-bond donors (Lipinski definition) is 0. The van der Waals surface area contributed by atoms with E-state index in [9.17, 15) is 0 Å². The average molecular weight is 366 g/mol. The number of hydrogen-bond acceptors (Lipinski definition) is 1. The minimum Gasteiger partial charge on any atom is -0.162 e. The molecule has 0 heterocycles. The molecule has 0 saturated heterocycles. The Morgan fingerprint density at radius 1 is 1.25 bits per heavy atom. The Labute approximate surface area is 120 Å². The van der Waals surface area contributed by atoms with E-state index in [0.717, 1.165) is 15.7 Å². The van der Waals surface area contributed by atoms with Gasteiger partial charge in [0.05, 0.1) is 0 Å². The highest BCUT2D eigenvalue weighted by molar-refractivity contribution is 9.10. The molecule has 0 fully saturated rings. The van der Waals surface area contributed by atoms with Crippen LogP contribution in [0.4, 0.5) is 0 Å². The molecule has 1 rings (SSSR count). The van der Waals surface area contributed by atoms with Crippen molar-refractivity contribution >= 4 is 43.6 Å². The molecule has 0 saturated carbocycles. The minimum atomic E-state index is 0.764. The molecule has 0 nitrogen and oxygen atoms in total. The molecule has 3 heteroatoms. The van der Waals surface area contributed by atoms with Crippen LogP contribution in [0, 0.1) is 5.92 Å². The first kappa shape index (κ1) is 14.6. The standard InChI is InChI=1S/C13H18Br2S/c1-2-16-8-7-12(10-14)9-11-3-5-13(15)6-4-11/h3-6,12H,2,7-10H2,1H3. The van der Waals surface area contributed by atoms with Crippen LogP contribution < -0.4 is 0 Å². The van der Waals surface area contributed by atoms with Gasteiger partial charge in [0.1, 0.15) is 0 Å². The van der Waals surface area contributed by atoms with Crippen LogP contribution in [0.2, 0.25) is 0 Å². The highest BCUT2D eigenvalue weighted by Gasteiger charge is 2.08. The smallest absolute Gasteiger partial charge is 0.0175 e. The van der Waals surface area contributed by atoms with E-state index in [1.54, 1.807) is 0 Å². The van der Waals surface area contributed by atoms with Gasteiger partial charge in [-0.15, -0.1) is 0 Å². The van der Waals surface area contributed by atoms with Gasteiger partial charge in [0.25, 0.3) is 0 Å². The van der Waals surface area contributed by atoms with E-state index < -0.39 is 0 Å². The first-order chi connectivity index (χ1) is 7.76. The van der Waals surface area contributed by atoms with Crippen LogP contribution in [-0.2, 0) is 6.42 Å². The van der Waals surface area contributed by atoms with E-state index in [4.69, 9.17) is 0 Å². The van der Waals surface area contributed by atoms with Gasteiger partial charge in [-0.3, -0.25) is 0 Å². The topological polar surface area (TPSA) is 0 Å². The summed E-state index contributed by atoms with van der Waals surface area (Å²) in [5, 5.41) is 1.10. The van der Waals surface area contributed by atoms with Gasteiger partial charge < -0.3 is 0 Å². The number of thioether (sulfide) groups is 1. The van der Waals surface area contributed by atoms with Gasteiger partial charge in [-0.05, 0) is 48.0 Å². The largest absolute Gasteiger partial charge is 0.162 e. The molecule has 0 aromatic heterocycles. The normalized spacial score (nSPS) is 12.7. The second-order valence-electron chi connectivity index (χ2n) is 3.84. The van der Waals surface area contributed by atoms with Gasteiger partial charge in [-0.1, -0.05) is 50.9 Å². The summed E-state index contributed by atoms with van der Waals surface area (Å²) in [6, 6.07) is 8.68. The SMILES string of the molecule is CCSCCC(CBr)Cc1ccc(Br)cc1. The number of halogens is 2. The summed E-state index contributed by atoms with van der Waals surface area (Å²) in [7, 11) is 0. The third-order valence-electron chi connectivity index (χ3n) is 2.53. The first-order valence-corrected chi connectivity index (χ1v) is 8.71. The summed E-state index contributed by atoms with van der Waals surface area (Å²) < 4.78 is 1.16. The summed E-state index contributed by atoms with van der Waals surface area (Å²) in [6.45, 7) is 2.22. The maximum absolute atomic E-state index is 3.62. The third-order valence-corrected chi connectivity index (χ3v) is 4.91. The molecule has 0 aliphatic carbocycles. The maximum Gasteiger partial charge on any atom is 0.0175 e. The number of alkyl halides is 1. The summed E-state index contributed by atoms with van der Waals surface area (Å²) >= 11 is 9.13. The van der Waals surface area contributed by atoms with Crippen LogP contribution in [0.3, 0.4) is 0 Å². The van der Waals surface area contributed by atoms with Crippen LogP contribution >= 0.6 is 43.6 Å². The van der Waals surface area contributed by atoms with Crippen LogP contribution in [0.15, 0.2) is 28.7 Å². The van der Waals surface area contributed by atoms with E-state index in [1.165, 1.54) is 29.9 Å². The zero-order valence-electron chi connectivity index (χ0n) is 9.59. The molecule has 0 aliphatic rings. The highest BCUT2D eigenvalue weighted by atomic mass is 79.9. The van der Waals surface area contributed by atoms with Crippen molar-refractivity contribution in [2.45, 2.75) is 19.8 Å². The van der Waals surface area contributed by atoms with E-state index in [-0.39, 0.29) is 0 Å². The first-order valence-electron chi connectivity index (χ1n) is 5.64. The quantitative estimate of drug-likeness (QED) is 0.475. The minimum absolute atomic E-state index is 0.764. The van der Waals surface area contributed by atoms with E-state index >= 15 is 0 Å². The van der Waals surface area contributed by atoms with Gasteiger partial charge in [-0.25, -0.2) is 0 Å².